The normalized spacial score (nSPS) is 9.94. The van der Waals surface area contributed by atoms with Gasteiger partial charge in [-0.25, -0.2) is 0 Å². The molecule has 86 valence electrons. The Balaban J connectivity index is 1.97. The van der Waals surface area contributed by atoms with Crippen LogP contribution in [0.15, 0.2) is 47.5 Å². The fourth-order valence-electron chi connectivity index (χ4n) is 1.34. The molecule has 2 heterocycles. The van der Waals surface area contributed by atoms with Crippen molar-refractivity contribution in [2.45, 2.75) is 6.54 Å². The molecule has 1 amide bonds. The van der Waals surface area contributed by atoms with Crippen molar-refractivity contribution < 1.29 is 4.79 Å². The Labute approximate surface area is 107 Å². The van der Waals surface area contributed by atoms with Crippen molar-refractivity contribution in [1.29, 1.82) is 0 Å². The van der Waals surface area contributed by atoms with E-state index in [9.17, 15) is 4.79 Å². The standard InChI is InChI=1S/C12H10BrN3O/c13-11-5-9(6-15-8-11)7-16-12(17)10-1-3-14-4-2-10/h1-6,8H,7H2,(H,16,17). The van der Waals surface area contributed by atoms with Gasteiger partial charge in [0.15, 0.2) is 0 Å². The first-order valence-corrected chi connectivity index (χ1v) is 5.82. The van der Waals surface area contributed by atoms with Crippen molar-refractivity contribution in [3.05, 3.63) is 58.6 Å². The zero-order valence-corrected chi connectivity index (χ0v) is 10.5. The minimum Gasteiger partial charge on any atom is -0.348 e. The fraction of sp³-hybridized carbons (Fsp3) is 0.0833. The molecular weight excluding hydrogens is 282 g/mol. The molecule has 0 unspecified atom stereocenters. The molecule has 5 heteroatoms. The zero-order valence-electron chi connectivity index (χ0n) is 8.93. The third-order valence-electron chi connectivity index (χ3n) is 2.16. The van der Waals surface area contributed by atoms with E-state index in [0.717, 1.165) is 10.0 Å². The lowest BCUT2D eigenvalue weighted by Gasteiger charge is -2.05. The Kier molecular flexibility index (Phi) is 3.82. The zero-order chi connectivity index (χ0) is 12.1. The van der Waals surface area contributed by atoms with Crippen LogP contribution in [0.4, 0.5) is 0 Å². The molecule has 4 nitrogen and oxygen atoms in total. The Morgan fingerprint density at radius 2 is 2.00 bits per heavy atom. The first-order valence-electron chi connectivity index (χ1n) is 5.03. The number of nitrogens with one attached hydrogen (secondary N) is 1. The molecular formula is C12H10BrN3O. The quantitative estimate of drug-likeness (QED) is 0.943. The Morgan fingerprint density at radius 3 is 2.71 bits per heavy atom. The van der Waals surface area contributed by atoms with E-state index in [1.807, 2.05) is 6.07 Å². The van der Waals surface area contributed by atoms with Gasteiger partial charge in [0.1, 0.15) is 0 Å². The Bertz CT molecular complexity index is 516. The molecule has 17 heavy (non-hydrogen) atoms. The summed E-state index contributed by atoms with van der Waals surface area (Å²) in [4.78, 5) is 19.6. The van der Waals surface area contributed by atoms with E-state index in [2.05, 4.69) is 31.2 Å². The SMILES string of the molecule is O=C(NCc1cncc(Br)c1)c1ccncc1. The minimum atomic E-state index is -0.118. The monoisotopic (exact) mass is 291 g/mol. The number of pyridine rings is 2. The van der Waals surface area contributed by atoms with E-state index in [0.29, 0.717) is 12.1 Å². The third-order valence-corrected chi connectivity index (χ3v) is 2.59. The van der Waals surface area contributed by atoms with Crippen molar-refractivity contribution in [3.8, 4) is 0 Å². The van der Waals surface area contributed by atoms with E-state index < -0.39 is 0 Å². The fourth-order valence-corrected chi connectivity index (χ4v) is 1.75. The molecule has 0 aromatic carbocycles. The maximum atomic E-state index is 11.7. The summed E-state index contributed by atoms with van der Waals surface area (Å²) in [6.45, 7) is 0.452. The smallest absolute Gasteiger partial charge is 0.251 e. The molecule has 0 spiro atoms. The first-order chi connectivity index (χ1) is 8.25. The van der Waals surface area contributed by atoms with Gasteiger partial charge in [0.05, 0.1) is 0 Å². The number of hydrogen-bond donors (Lipinski definition) is 1. The lowest BCUT2D eigenvalue weighted by atomic mass is 10.2. The summed E-state index contributed by atoms with van der Waals surface area (Å²) in [5, 5.41) is 2.81. The van der Waals surface area contributed by atoms with Gasteiger partial charge in [-0.15, -0.1) is 0 Å². The number of aromatic nitrogens is 2. The van der Waals surface area contributed by atoms with Gasteiger partial charge >= 0.3 is 0 Å². The van der Waals surface area contributed by atoms with E-state index in [4.69, 9.17) is 0 Å². The average molecular weight is 292 g/mol. The maximum absolute atomic E-state index is 11.7. The molecule has 0 aliphatic rings. The average Bonchev–Trinajstić information content (AvgIpc) is 2.37. The molecule has 1 N–H and O–H groups in total. The number of carbonyl (C=O) groups excluding carboxylic acids is 1. The highest BCUT2D eigenvalue weighted by molar-refractivity contribution is 9.10. The van der Waals surface area contributed by atoms with Crippen LogP contribution in [0, 0.1) is 0 Å². The molecule has 2 rings (SSSR count). The van der Waals surface area contributed by atoms with Crippen molar-refractivity contribution in [2.24, 2.45) is 0 Å². The molecule has 0 atom stereocenters. The molecule has 2 aromatic rings. The lowest BCUT2D eigenvalue weighted by Crippen LogP contribution is -2.22. The van der Waals surface area contributed by atoms with Gasteiger partial charge in [-0.1, -0.05) is 0 Å². The second-order valence-electron chi connectivity index (χ2n) is 3.43. The maximum Gasteiger partial charge on any atom is 0.251 e. The van der Waals surface area contributed by atoms with Crippen LogP contribution in [-0.2, 0) is 6.54 Å². The van der Waals surface area contributed by atoms with Crippen LogP contribution >= 0.6 is 15.9 Å². The van der Waals surface area contributed by atoms with Gasteiger partial charge in [-0.05, 0) is 39.7 Å². The number of halogens is 1. The van der Waals surface area contributed by atoms with Crippen LogP contribution < -0.4 is 5.32 Å². The highest BCUT2D eigenvalue weighted by atomic mass is 79.9. The van der Waals surface area contributed by atoms with Gasteiger partial charge in [-0.3, -0.25) is 14.8 Å². The predicted octanol–water partition coefficient (Wildman–Crippen LogP) is 2.17. The number of nitrogens with zero attached hydrogens (tertiary/aromatic N) is 2. The van der Waals surface area contributed by atoms with Crippen molar-refractivity contribution in [2.75, 3.05) is 0 Å². The molecule has 0 saturated heterocycles. The van der Waals surface area contributed by atoms with Gasteiger partial charge in [0, 0.05) is 41.4 Å². The second-order valence-corrected chi connectivity index (χ2v) is 4.35. The van der Waals surface area contributed by atoms with E-state index in [1.54, 1.807) is 36.9 Å². The van der Waals surface area contributed by atoms with Crippen LogP contribution in [0.5, 0.6) is 0 Å². The summed E-state index contributed by atoms with van der Waals surface area (Å²) >= 11 is 3.33. The van der Waals surface area contributed by atoms with Crippen molar-refractivity contribution in [1.82, 2.24) is 15.3 Å². The molecule has 0 aliphatic carbocycles. The number of rotatable bonds is 3. The molecule has 0 bridgehead atoms. The highest BCUT2D eigenvalue weighted by Gasteiger charge is 2.04. The van der Waals surface area contributed by atoms with Crippen LogP contribution in [0.2, 0.25) is 0 Å². The third kappa shape index (κ3) is 3.35. The van der Waals surface area contributed by atoms with Gasteiger partial charge in [0.2, 0.25) is 0 Å². The summed E-state index contributed by atoms with van der Waals surface area (Å²) < 4.78 is 0.896. The summed E-state index contributed by atoms with van der Waals surface area (Å²) in [5.74, 6) is -0.118. The topological polar surface area (TPSA) is 54.9 Å². The largest absolute Gasteiger partial charge is 0.348 e. The summed E-state index contributed by atoms with van der Waals surface area (Å²) in [6, 6.07) is 5.27. The van der Waals surface area contributed by atoms with Crippen molar-refractivity contribution >= 4 is 21.8 Å². The predicted molar refractivity (Wildman–Crippen MR) is 67.3 cm³/mol. The van der Waals surface area contributed by atoms with E-state index in [-0.39, 0.29) is 5.91 Å². The highest BCUT2D eigenvalue weighted by Crippen LogP contribution is 2.09. The van der Waals surface area contributed by atoms with E-state index in [1.165, 1.54) is 0 Å². The van der Waals surface area contributed by atoms with Crippen molar-refractivity contribution in [3.63, 3.8) is 0 Å². The molecule has 0 aliphatic heterocycles. The molecule has 0 radical (unpaired) electrons. The summed E-state index contributed by atoms with van der Waals surface area (Å²) in [5.41, 5.74) is 1.55. The number of amides is 1. The lowest BCUT2D eigenvalue weighted by molar-refractivity contribution is 0.0951. The number of carbonyl (C=O) groups is 1. The van der Waals surface area contributed by atoms with Crippen LogP contribution in [0.1, 0.15) is 15.9 Å². The Morgan fingerprint density at radius 1 is 1.24 bits per heavy atom. The molecule has 0 saturated carbocycles. The van der Waals surface area contributed by atoms with Gasteiger partial charge in [-0.2, -0.15) is 0 Å². The molecule has 2 aromatic heterocycles. The van der Waals surface area contributed by atoms with Crippen LogP contribution in [-0.4, -0.2) is 15.9 Å². The molecule has 0 fully saturated rings. The first kappa shape index (κ1) is 11.7. The van der Waals surface area contributed by atoms with Crippen LogP contribution in [0.25, 0.3) is 0 Å². The second kappa shape index (κ2) is 5.54. The van der Waals surface area contributed by atoms with E-state index >= 15 is 0 Å². The summed E-state index contributed by atoms with van der Waals surface area (Å²) in [6.07, 6.45) is 6.61. The minimum absolute atomic E-state index is 0.118. The number of hydrogen-bond acceptors (Lipinski definition) is 3. The van der Waals surface area contributed by atoms with Gasteiger partial charge in [0.25, 0.3) is 5.91 Å². The van der Waals surface area contributed by atoms with Crippen LogP contribution in [0.3, 0.4) is 0 Å². The summed E-state index contributed by atoms with van der Waals surface area (Å²) in [7, 11) is 0. The Hall–Kier alpha value is -1.75. The van der Waals surface area contributed by atoms with Gasteiger partial charge < -0.3 is 5.32 Å².